The molecule has 1 aromatic heterocycles. The van der Waals surface area contributed by atoms with Gasteiger partial charge in [-0.05, 0) is 42.0 Å². The van der Waals surface area contributed by atoms with Crippen LogP contribution in [-0.2, 0) is 23.1 Å². The molecule has 2 amide bonds. The lowest BCUT2D eigenvalue weighted by atomic mass is 10.2. The van der Waals surface area contributed by atoms with E-state index in [1.165, 1.54) is 4.88 Å². The van der Waals surface area contributed by atoms with Gasteiger partial charge in [-0.1, -0.05) is 24.6 Å². The van der Waals surface area contributed by atoms with Gasteiger partial charge in [0.05, 0.1) is 4.90 Å². The molecule has 0 unspecified atom stereocenters. The maximum Gasteiger partial charge on any atom is 0.317 e. The summed E-state index contributed by atoms with van der Waals surface area (Å²) in [6, 6.07) is 11.0. The van der Waals surface area contributed by atoms with Crippen molar-refractivity contribution in [2.45, 2.75) is 37.2 Å². The quantitative estimate of drug-likeness (QED) is 0.716. The Hall–Kier alpha value is -1.94. The summed E-state index contributed by atoms with van der Waals surface area (Å²) in [5, 5.41) is 5.05. The molecule has 168 valence electrons. The van der Waals surface area contributed by atoms with Crippen molar-refractivity contribution in [1.82, 2.24) is 19.4 Å². The van der Waals surface area contributed by atoms with Gasteiger partial charge >= 0.3 is 6.03 Å². The van der Waals surface area contributed by atoms with E-state index in [9.17, 15) is 13.2 Å². The number of urea groups is 1. The fourth-order valence-corrected chi connectivity index (χ4v) is 6.32. The minimum atomic E-state index is -3.42. The highest BCUT2D eigenvalue weighted by molar-refractivity contribution is 7.89. The smallest absolute Gasteiger partial charge is 0.317 e. The van der Waals surface area contributed by atoms with Crippen LogP contribution in [0.1, 0.15) is 29.7 Å². The first-order valence-corrected chi connectivity index (χ1v) is 13.2. The molecule has 0 radical (unpaired) electrons. The van der Waals surface area contributed by atoms with Crippen molar-refractivity contribution in [2.75, 3.05) is 39.3 Å². The summed E-state index contributed by atoms with van der Waals surface area (Å²) in [5.74, 6) is 0. The number of hydrogen-bond acceptors (Lipinski definition) is 5. The molecular weight excluding hydrogens is 432 g/mol. The van der Waals surface area contributed by atoms with Crippen LogP contribution < -0.4 is 5.32 Å². The minimum Gasteiger partial charge on any atom is -0.334 e. The molecule has 1 aromatic carbocycles. The standard InChI is InChI=1S/C22H30N4O3S2/c27-22(25-14-12-24(13-15-25)18-20-5-4-16-30-20)23-17-19-6-8-21(9-7-19)31(28,29)26-10-2-1-3-11-26/h4-9,16H,1-3,10-15,17-18H2,(H,23,27). The van der Waals surface area contributed by atoms with Crippen LogP contribution in [0.15, 0.2) is 46.7 Å². The maximum absolute atomic E-state index is 12.7. The SMILES string of the molecule is O=C(NCc1ccc(S(=O)(=O)N2CCCCC2)cc1)N1CCN(Cc2cccs2)CC1. The number of nitrogens with one attached hydrogen (secondary N) is 1. The van der Waals surface area contributed by atoms with Gasteiger partial charge in [-0.15, -0.1) is 11.3 Å². The van der Waals surface area contributed by atoms with E-state index < -0.39 is 10.0 Å². The largest absolute Gasteiger partial charge is 0.334 e. The van der Waals surface area contributed by atoms with Crippen LogP contribution in [0.3, 0.4) is 0 Å². The molecule has 0 bridgehead atoms. The molecule has 7 nitrogen and oxygen atoms in total. The highest BCUT2D eigenvalue weighted by atomic mass is 32.2. The summed E-state index contributed by atoms with van der Waals surface area (Å²) in [6.07, 6.45) is 2.94. The fourth-order valence-electron chi connectivity index (χ4n) is 4.06. The van der Waals surface area contributed by atoms with Crippen LogP contribution in [-0.4, -0.2) is 67.8 Å². The number of sulfonamides is 1. The number of amides is 2. The lowest BCUT2D eigenvalue weighted by Crippen LogP contribution is -2.51. The molecule has 3 heterocycles. The van der Waals surface area contributed by atoms with Crippen LogP contribution in [0.2, 0.25) is 0 Å². The molecule has 2 aliphatic heterocycles. The topological polar surface area (TPSA) is 73.0 Å². The van der Waals surface area contributed by atoms with Gasteiger partial charge in [-0.25, -0.2) is 13.2 Å². The zero-order valence-corrected chi connectivity index (χ0v) is 19.3. The number of hydrogen-bond donors (Lipinski definition) is 1. The molecule has 2 aliphatic rings. The first-order chi connectivity index (χ1) is 15.0. The van der Waals surface area contributed by atoms with E-state index >= 15 is 0 Å². The second-order valence-corrected chi connectivity index (χ2v) is 11.1. The molecule has 0 atom stereocenters. The van der Waals surface area contributed by atoms with Crippen LogP contribution in [0, 0.1) is 0 Å². The third-order valence-electron chi connectivity index (χ3n) is 5.94. The van der Waals surface area contributed by atoms with Crippen LogP contribution in [0.25, 0.3) is 0 Å². The molecule has 0 spiro atoms. The van der Waals surface area contributed by atoms with E-state index in [0.717, 1.165) is 44.5 Å². The summed E-state index contributed by atoms with van der Waals surface area (Å²) < 4.78 is 27.1. The molecule has 4 rings (SSSR count). The lowest BCUT2D eigenvalue weighted by Gasteiger charge is -2.34. The number of carbonyl (C=O) groups excluding carboxylic acids is 1. The Kier molecular flexibility index (Phi) is 7.27. The normalized spacial score (nSPS) is 18.8. The van der Waals surface area contributed by atoms with Gasteiger partial charge in [0, 0.05) is 57.2 Å². The number of carbonyl (C=O) groups is 1. The van der Waals surface area contributed by atoms with Gasteiger partial charge in [-0.2, -0.15) is 4.31 Å². The average molecular weight is 463 g/mol. The first kappa shape index (κ1) is 22.3. The molecule has 1 N–H and O–H groups in total. The Balaban J connectivity index is 1.24. The Morgan fingerprint density at radius 3 is 2.29 bits per heavy atom. The predicted octanol–water partition coefficient (Wildman–Crippen LogP) is 2.95. The Morgan fingerprint density at radius 1 is 0.935 bits per heavy atom. The summed E-state index contributed by atoms with van der Waals surface area (Å²) in [4.78, 5) is 18.4. The van der Waals surface area contributed by atoms with Crippen molar-refractivity contribution in [2.24, 2.45) is 0 Å². The predicted molar refractivity (Wildman–Crippen MR) is 122 cm³/mol. The van der Waals surface area contributed by atoms with Crippen LogP contribution in [0.4, 0.5) is 4.79 Å². The number of thiophene rings is 1. The molecule has 9 heteroatoms. The highest BCUT2D eigenvalue weighted by Crippen LogP contribution is 2.21. The second-order valence-electron chi connectivity index (χ2n) is 8.11. The lowest BCUT2D eigenvalue weighted by molar-refractivity contribution is 0.135. The van der Waals surface area contributed by atoms with Gasteiger partial charge in [-0.3, -0.25) is 4.90 Å². The number of piperidine rings is 1. The van der Waals surface area contributed by atoms with Crippen molar-refractivity contribution >= 4 is 27.4 Å². The summed E-state index contributed by atoms with van der Waals surface area (Å²) in [7, 11) is -3.42. The Bertz CT molecular complexity index is 947. The van der Waals surface area contributed by atoms with E-state index in [0.29, 0.717) is 37.6 Å². The second kappa shape index (κ2) is 10.1. The van der Waals surface area contributed by atoms with Gasteiger partial charge in [0.1, 0.15) is 0 Å². The zero-order valence-electron chi connectivity index (χ0n) is 17.7. The summed E-state index contributed by atoms with van der Waals surface area (Å²) in [6.45, 7) is 5.69. The first-order valence-electron chi connectivity index (χ1n) is 10.9. The Morgan fingerprint density at radius 2 is 1.65 bits per heavy atom. The monoisotopic (exact) mass is 462 g/mol. The number of nitrogens with zero attached hydrogens (tertiary/aromatic N) is 3. The molecule has 2 aromatic rings. The van der Waals surface area contributed by atoms with E-state index in [2.05, 4.69) is 27.7 Å². The molecule has 2 fully saturated rings. The van der Waals surface area contributed by atoms with Crippen molar-refractivity contribution in [3.05, 3.63) is 52.2 Å². The fraction of sp³-hybridized carbons (Fsp3) is 0.500. The van der Waals surface area contributed by atoms with Crippen molar-refractivity contribution < 1.29 is 13.2 Å². The molecule has 2 saturated heterocycles. The maximum atomic E-state index is 12.7. The zero-order chi connectivity index (χ0) is 21.7. The number of rotatable bonds is 6. The Labute approximate surface area is 188 Å². The highest BCUT2D eigenvalue weighted by Gasteiger charge is 2.26. The van der Waals surface area contributed by atoms with E-state index in [1.807, 2.05) is 4.90 Å². The van der Waals surface area contributed by atoms with Crippen molar-refractivity contribution in [3.8, 4) is 0 Å². The van der Waals surface area contributed by atoms with Gasteiger partial charge in [0.2, 0.25) is 10.0 Å². The van der Waals surface area contributed by atoms with Crippen molar-refractivity contribution in [3.63, 3.8) is 0 Å². The summed E-state index contributed by atoms with van der Waals surface area (Å²) >= 11 is 1.76. The van der Waals surface area contributed by atoms with Crippen molar-refractivity contribution in [1.29, 1.82) is 0 Å². The van der Waals surface area contributed by atoms with E-state index in [4.69, 9.17) is 0 Å². The minimum absolute atomic E-state index is 0.0687. The van der Waals surface area contributed by atoms with Gasteiger partial charge < -0.3 is 10.2 Å². The molecule has 31 heavy (non-hydrogen) atoms. The molecular formula is C22H30N4O3S2. The van der Waals surface area contributed by atoms with E-state index in [1.54, 1.807) is 39.9 Å². The van der Waals surface area contributed by atoms with Gasteiger partial charge in [0.25, 0.3) is 0 Å². The molecule has 0 aliphatic carbocycles. The van der Waals surface area contributed by atoms with Gasteiger partial charge in [0.15, 0.2) is 0 Å². The number of benzene rings is 1. The third kappa shape index (κ3) is 5.65. The van der Waals surface area contributed by atoms with Crippen LogP contribution in [0.5, 0.6) is 0 Å². The summed E-state index contributed by atoms with van der Waals surface area (Å²) in [5.41, 5.74) is 0.891. The van der Waals surface area contributed by atoms with Crippen LogP contribution >= 0.6 is 11.3 Å². The third-order valence-corrected chi connectivity index (χ3v) is 8.71. The average Bonchev–Trinajstić information content (AvgIpc) is 3.32. The van der Waals surface area contributed by atoms with E-state index in [-0.39, 0.29) is 6.03 Å². The molecule has 0 saturated carbocycles. The number of piperazine rings is 1.